The third kappa shape index (κ3) is 4.35. The van der Waals surface area contributed by atoms with E-state index in [1.54, 1.807) is 7.11 Å². The number of benzene rings is 1. The molecule has 1 aromatic heterocycles. The average Bonchev–Trinajstić information content (AvgIpc) is 3.26. The Morgan fingerprint density at radius 3 is 3.04 bits per heavy atom. The molecule has 0 bridgehead atoms. The van der Waals surface area contributed by atoms with E-state index < -0.39 is 0 Å². The summed E-state index contributed by atoms with van der Waals surface area (Å²) in [5.74, 6) is 0.611. The summed E-state index contributed by atoms with van der Waals surface area (Å²) in [6, 6.07) is 9.41. The Labute approximate surface area is 146 Å². The van der Waals surface area contributed by atoms with Crippen LogP contribution in [0.25, 0.3) is 0 Å². The van der Waals surface area contributed by atoms with Crippen LogP contribution >= 0.6 is 11.3 Å². The zero-order chi connectivity index (χ0) is 16.8. The van der Waals surface area contributed by atoms with Crippen LogP contribution in [0.3, 0.4) is 0 Å². The molecule has 1 aromatic carbocycles. The summed E-state index contributed by atoms with van der Waals surface area (Å²) in [7, 11) is 1.72. The van der Waals surface area contributed by atoms with Gasteiger partial charge < -0.3 is 14.8 Å². The molecule has 24 heavy (non-hydrogen) atoms. The Morgan fingerprint density at radius 2 is 2.25 bits per heavy atom. The summed E-state index contributed by atoms with van der Waals surface area (Å²) in [6.07, 6.45) is 1.12. The Morgan fingerprint density at radius 1 is 1.38 bits per heavy atom. The molecule has 2 aromatic rings. The van der Waals surface area contributed by atoms with Crippen LogP contribution in [0, 0.1) is 0 Å². The van der Waals surface area contributed by atoms with Gasteiger partial charge in [-0.2, -0.15) is 11.3 Å². The molecule has 0 spiro atoms. The van der Waals surface area contributed by atoms with Crippen molar-refractivity contribution >= 4 is 22.9 Å². The van der Waals surface area contributed by atoms with Crippen LogP contribution in [0.2, 0.25) is 0 Å². The zero-order valence-electron chi connectivity index (χ0n) is 13.7. The molecule has 2 heterocycles. The van der Waals surface area contributed by atoms with Gasteiger partial charge >= 0.3 is 0 Å². The molecule has 1 aliphatic rings. The molecule has 128 valence electrons. The normalized spacial score (nSPS) is 17.8. The number of methoxy groups -OCH3 is 1. The van der Waals surface area contributed by atoms with Gasteiger partial charge in [0, 0.05) is 32.1 Å². The van der Waals surface area contributed by atoms with Crippen LogP contribution in [0.4, 0.5) is 5.69 Å². The summed E-state index contributed by atoms with van der Waals surface area (Å²) in [5.41, 5.74) is 1.38. The number of para-hydroxylation sites is 2. The largest absolute Gasteiger partial charge is 0.487 e. The van der Waals surface area contributed by atoms with Crippen LogP contribution in [-0.2, 0) is 4.74 Å². The summed E-state index contributed by atoms with van der Waals surface area (Å²) >= 11 is 1.51. The number of likely N-dealkylation sites (tertiary alicyclic amines) is 1. The molecule has 1 atom stereocenters. The van der Waals surface area contributed by atoms with Crippen molar-refractivity contribution in [2.24, 2.45) is 0 Å². The number of carbonyl (C=O) groups excluding carboxylic acids is 1. The summed E-state index contributed by atoms with van der Waals surface area (Å²) < 4.78 is 11.3. The third-order valence-electron chi connectivity index (χ3n) is 4.05. The minimum Gasteiger partial charge on any atom is -0.487 e. The predicted octanol–water partition coefficient (Wildman–Crippen LogP) is 3.10. The highest BCUT2D eigenvalue weighted by Gasteiger charge is 2.24. The van der Waals surface area contributed by atoms with Crippen molar-refractivity contribution in [3.63, 3.8) is 0 Å². The molecule has 0 saturated carbocycles. The number of carbonyl (C=O) groups is 1. The first-order chi connectivity index (χ1) is 11.8. The Hall–Kier alpha value is -1.89. The fraction of sp³-hybridized carbons (Fsp3) is 0.389. The summed E-state index contributed by atoms with van der Waals surface area (Å²) in [5, 5.41) is 6.67. The minimum absolute atomic E-state index is 0.111. The first kappa shape index (κ1) is 17.0. The van der Waals surface area contributed by atoms with E-state index in [9.17, 15) is 4.79 Å². The maximum absolute atomic E-state index is 12.3. The second-order valence-corrected chi connectivity index (χ2v) is 6.56. The minimum atomic E-state index is -0.111. The van der Waals surface area contributed by atoms with Gasteiger partial charge in [-0.15, -0.1) is 0 Å². The van der Waals surface area contributed by atoms with E-state index >= 15 is 0 Å². The van der Waals surface area contributed by atoms with E-state index in [0.29, 0.717) is 11.3 Å². The van der Waals surface area contributed by atoms with Gasteiger partial charge in [0.1, 0.15) is 11.9 Å². The number of nitrogens with one attached hydrogen (secondary N) is 1. The van der Waals surface area contributed by atoms with E-state index in [2.05, 4.69) is 10.2 Å². The fourth-order valence-corrected chi connectivity index (χ4v) is 3.39. The number of thiophene rings is 1. The molecule has 1 aliphatic heterocycles. The van der Waals surface area contributed by atoms with Gasteiger partial charge in [0.05, 0.1) is 17.9 Å². The molecule has 6 heteroatoms. The summed E-state index contributed by atoms with van der Waals surface area (Å²) in [4.78, 5) is 14.6. The number of rotatable bonds is 7. The lowest BCUT2D eigenvalue weighted by atomic mass is 10.2. The highest BCUT2D eigenvalue weighted by atomic mass is 32.1. The van der Waals surface area contributed by atoms with E-state index in [1.807, 2.05) is 41.1 Å². The molecular formula is C18H22N2O3S. The number of hydrogen-bond acceptors (Lipinski definition) is 5. The molecule has 3 rings (SSSR count). The Balaban J connectivity index is 1.61. The topological polar surface area (TPSA) is 50.8 Å². The molecule has 1 amide bonds. The van der Waals surface area contributed by atoms with Gasteiger partial charge in [-0.05, 0) is 30.0 Å². The van der Waals surface area contributed by atoms with Crippen molar-refractivity contribution in [1.82, 2.24) is 4.90 Å². The van der Waals surface area contributed by atoms with Crippen molar-refractivity contribution < 1.29 is 14.3 Å². The SMILES string of the molecule is COCCN1CCC(Oc2ccccc2NC(=O)c2ccsc2)C1. The second-order valence-electron chi connectivity index (χ2n) is 5.78. The van der Waals surface area contributed by atoms with Crippen LogP contribution in [0.1, 0.15) is 16.8 Å². The first-order valence-corrected chi connectivity index (χ1v) is 9.01. The quantitative estimate of drug-likeness (QED) is 0.837. The monoisotopic (exact) mass is 346 g/mol. The zero-order valence-corrected chi connectivity index (χ0v) is 14.6. The van der Waals surface area contributed by atoms with Crippen molar-refractivity contribution in [2.75, 3.05) is 38.7 Å². The Bertz CT molecular complexity index is 660. The maximum atomic E-state index is 12.3. The van der Waals surface area contributed by atoms with Gasteiger partial charge in [-0.25, -0.2) is 0 Å². The number of hydrogen-bond donors (Lipinski definition) is 1. The lowest BCUT2D eigenvalue weighted by molar-refractivity contribution is 0.102. The molecule has 1 N–H and O–H groups in total. The van der Waals surface area contributed by atoms with E-state index in [4.69, 9.17) is 9.47 Å². The highest BCUT2D eigenvalue weighted by Crippen LogP contribution is 2.27. The molecule has 1 fully saturated rings. The molecule has 0 radical (unpaired) electrons. The van der Waals surface area contributed by atoms with Crippen LogP contribution < -0.4 is 10.1 Å². The van der Waals surface area contributed by atoms with Crippen molar-refractivity contribution in [3.8, 4) is 5.75 Å². The maximum Gasteiger partial charge on any atom is 0.256 e. The fourth-order valence-electron chi connectivity index (χ4n) is 2.76. The van der Waals surface area contributed by atoms with Gasteiger partial charge in [0.2, 0.25) is 0 Å². The van der Waals surface area contributed by atoms with Crippen LogP contribution in [0.5, 0.6) is 5.75 Å². The lowest BCUT2D eigenvalue weighted by Gasteiger charge is -2.18. The number of nitrogens with zero attached hydrogens (tertiary/aromatic N) is 1. The van der Waals surface area contributed by atoms with Crippen molar-refractivity contribution in [3.05, 3.63) is 46.7 Å². The van der Waals surface area contributed by atoms with Crippen LogP contribution in [0.15, 0.2) is 41.1 Å². The number of ether oxygens (including phenoxy) is 2. The molecule has 1 unspecified atom stereocenters. The molecule has 1 saturated heterocycles. The number of amides is 1. The van der Waals surface area contributed by atoms with Gasteiger partial charge in [0.15, 0.2) is 0 Å². The van der Waals surface area contributed by atoms with Gasteiger partial charge in [-0.3, -0.25) is 9.69 Å². The second kappa shape index (κ2) is 8.28. The van der Waals surface area contributed by atoms with E-state index in [1.165, 1.54) is 11.3 Å². The third-order valence-corrected chi connectivity index (χ3v) is 4.74. The van der Waals surface area contributed by atoms with Crippen molar-refractivity contribution in [2.45, 2.75) is 12.5 Å². The lowest BCUT2D eigenvalue weighted by Crippen LogP contribution is -2.28. The molecular weight excluding hydrogens is 324 g/mol. The predicted molar refractivity (Wildman–Crippen MR) is 96.1 cm³/mol. The number of anilines is 1. The molecule has 0 aliphatic carbocycles. The van der Waals surface area contributed by atoms with Gasteiger partial charge in [0.25, 0.3) is 5.91 Å². The van der Waals surface area contributed by atoms with Crippen LogP contribution in [-0.4, -0.2) is 50.3 Å². The standard InChI is InChI=1S/C18H22N2O3S/c1-22-10-9-20-8-6-15(12-20)23-17-5-3-2-4-16(17)19-18(21)14-7-11-24-13-14/h2-5,7,11,13,15H,6,8-10,12H2,1H3,(H,19,21). The van der Waals surface area contributed by atoms with E-state index in [0.717, 1.165) is 38.4 Å². The average molecular weight is 346 g/mol. The smallest absolute Gasteiger partial charge is 0.256 e. The first-order valence-electron chi connectivity index (χ1n) is 8.07. The molecule has 5 nitrogen and oxygen atoms in total. The highest BCUT2D eigenvalue weighted by molar-refractivity contribution is 7.08. The van der Waals surface area contributed by atoms with Crippen molar-refractivity contribution in [1.29, 1.82) is 0 Å². The van der Waals surface area contributed by atoms with E-state index in [-0.39, 0.29) is 12.0 Å². The Kier molecular flexibility index (Phi) is 5.85. The van der Waals surface area contributed by atoms with Gasteiger partial charge in [-0.1, -0.05) is 12.1 Å². The summed E-state index contributed by atoms with van der Waals surface area (Å²) in [6.45, 7) is 3.56.